The number of aromatic nitrogens is 1. The number of thiazole rings is 1. The van der Waals surface area contributed by atoms with Crippen LogP contribution in [0.3, 0.4) is 0 Å². The van der Waals surface area contributed by atoms with Gasteiger partial charge in [0.1, 0.15) is 0 Å². The second-order valence-corrected chi connectivity index (χ2v) is 6.26. The number of alkyl halides is 1. The number of halogens is 1. The number of hydrogen-bond donors (Lipinski definition) is 0. The molecule has 1 aliphatic rings. The molecule has 18 heavy (non-hydrogen) atoms. The summed E-state index contributed by atoms with van der Waals surface area (Å²) in [5, 5.41) is 3.18. The third-order valence-corrected chi connectivity index (χ3v) is 4.95. The number of nitrogens with zero attached hydrogens (tertiary/aromatic N) is 1. The van der Waals surface area contributed by atoms with Gasteiger partial charge in [0.05, 0.1) is 29.3 Å². The molecular weight excluding hydrogens is 266 g/mol. The standard InChI is InChI=1S/C14H22ClNOS/c1-2-11-4-3-5-13(8-11)17-7-6-14-16-12(9-15)10-18-14/h10-11,13H,2-9H2,1H3. The van der Waals surface area contributed by atoms with Crippen molar-refractivity contribution in [1.29, 1.82) is 0 Å². The molecule has 4 heteroatoms. The Kier molecular flexibility index (Phi) is 5.93. The predicted octanol–water partition coefficient (Wildman–Crippen LogP) is 4.41. The van der Waals surface area contributed by atoms with E-state index in [1.54, 1.807) is 11.3 Å². The third kappa shape index (κ3) is 4.22. The molecule has 1 aromatic rings. The monoisotopic (exact) mass is 287 g/mol. The topological polar surface area (TPSA) is 22.1 Å². The van der Waals surface area contributed by atoms with Crippen LogP contribution in [0.2, 0.25) is 0 Å². The van der Waals surface area contributed by atoms with E-state index in [1.807, 2.05) is 5.38 Å². The first-order valence-corrected chi connectivity index (χ1v) is 8.34. The summed E-state index contributed by atoms with van der Waals surface area (Å²) in [6.45, 7) is 3.09. The summed E-state index contributed by atoms with van der Waals surface area (Å²) in [5.41, 5.74) is 0.986. The quantitative estimate of drug-likeness (QED) is 0.723. The van der Waals surface area contributed by atoms with Crippen LogP contribution in [-0.4, -0.2) is 17.7 Å². The minimum atomic E-state index is 0.483. The molecule has 1 aliphatic carbocycles. The van der Waals surface area contributed by atoms with Crippen LogP contribution in [0, 0.1) is 5.92 Å². The molecule has 2 nitrogen and oxygen atoms in total. The molecule has 0 amide bonds. The van der Waals surface area contributed by atoms with E-state index in [2.05, 4.69) is 11.9 Å². The Balaban J connectivity index is 1.68. The Labute approximate surface area is 119 Å². The van der Waals surface area contributed by atoms with E-state index < -0.39 is 0 Å². The first kappa shape index (κ1) is 14.3. The highest BCUT2D eigenvalue weighted by atomic mass is 35.5. The fraction of sp³-hybridized carbons (Fsp3) is 0.786. The maximum absolute atomic E-state index is 6.00. The molecule has 2 rings (SSSR count). The molecule has 2 atom stereocenters. The van der Waals surface area contributed by atoms with Crippen molar-refractivity contribution in [3.63, 3.8) is 0 Å². The van der Waals surface area contributed by atoms with Gasteiger partial charge in [0, 0.05) is 11.8 Å². The van der Waals surface area contributed by atoms with Crippen LogP contribution in [0.1, 0.15) is 49.7 Å². The van der Waals surface area contributed by atoms with E-state index in [0.717, 1.165) is 29.6 Å². The van der Waals surface area contributed by atoms with Gasteiger partial charge in [-0.3, -0.25) is 0 Å². The summed E-state index contributed by atoms with van der Waals surface area (Å²) >= 11 is 7.43. The highest BCUT2D eigenvalue weighted by Gasteiger charge is 2.21. The van der Waals surface area contributed by atoms with Crippen molar-refractivity contribution in [1.82, 2.24) is 4.98 Å². The van der Waals surface area contributed by atoms with Crippen LogP contribution in [0.4, 0.5) is 0 Å². The van der Waals surface area contributed by atoms with Gasteiger partial charge >= 0.3 is 0 Å². The number of ether oxygens (including phenoxy) is 1. The van der Waals surface area contributed by atoms with Crippen molar-refractivity contribution in [2.75, 3.05) is 6.61 Å². The highest BCUT2D eigenvalue weighted by Crippen LogP contribution is 2.28. The Morgan fingerprint density at radius 3 is 3.11 bits per heavy atom. The van der Waals surface area contributed by atoms with Crippen LogP contribution >= 0.6 is 22.9 Å². The maximum Gasteiger partial charge on any atom is 0.0951 e. The van der Waals surface area contributed by atoms with Gasteiger partial charge in [-0.15, -0.1) is 22.9 Å². The van der Waals surface area contributed by atoms with Crippen molar-refractivity contribution in [3.8, 4) is 0 Å². The summed E-state index contributed by atoms with van der Waals surface area (Å²) in [4.78, 5) is 4.45. The average molecular weight is 288 g/mol. The van der Waals surface area contributed by atoms with Crippen molar-refractivity contribution in [2.24, 2.45) is 5.92 Å². The molecule has 102 valence electrons. The maximum atomic E-state index is 6.00. The van der Waals surface area contributed by atoms with Gasteiger partial charge in [-0.05, 0) is 18.8 Å². The SMILES string of the molecule is CCC1CCCC(OCCc2nc(CCl)cs2)C1. The molecule has 1 heterocycles. The van der Waals surface area contributed by atoms with Gasteiger partial charge in [-0.1, -0.05) is 26.2 Å². The van der Waals surface area contributed by atoms with Crippen molar-refractivity contribution in [3.05, 3.63) is 16.1 Å². The van der Waals surface area contributed by atoms with Gasteiger partial charge < -0.3 is 4.74 Å². The summed E-state index contributed by atoms with van der Waals surface area (Å²) in [6.07, 6.45) is 7.91. The zero-order chi connectivity index (χ0) is 12.8. The van der Waals surface area contributed by atoms with Crippen molar-refractivity contribution in [2.45, 2.75) is 57.4 Å². The van der Waals surface area contributed by atoms with Crippen LogP contribution in [0.25, 0.3) is 0 Å². The Morgan fingerprint density at radius 2 is 2.39 bits per heavy atom. The van der Waals surface area contributed by atoms with E-state index >= 15 is 0 Å². The van der Waals surface area contributed by atoms with Gasteiger partial charge in [-0.2, -0.15) is 0 Å². The molecule has 1 fully saturated rings. The van der Waals surface area contributed by atoms with Crippen LogP contribution < -0.4 is 0 Å². The molecule has 0 aromatic carbocycles. The van der Waals surface area contributed by atoms with Crippen molar-refractivity contribution < 1.29 is 4.74 Å². The molecule has 1 aromatic heterocycles. The van der Waals surface area contributed by atoms with Gasteiger partial charge in [0.25, 0.3) is 0 Å². The lowest BCUT2D eigenvalue weighted by molar-refractivity contribution is 0.0141. The summed E-state index contributed by atoms with van der Waals surface area (Å²) in [5.74, 6) is 1.39. The molecule has 2 unspecified atom stereocenters. The number of rotatable bonds is 6. The first-order valence-electron chi connectivity index (χ1n) is 6.92. The van der Waals surface area contributed by atoms with Crippen LogP contribution in [0.15, 0.2) is 5.38 Å². The highest BCUT2D eigenvalue weighted by molar-refractivity contribution is 7.09. The van der Waals surface area contributed by atoms with Gasteiger partial charge in [0.2, 0.25) is 0 Å². The zero-order valence-corrected chi connectivity index (χ0v) is 12.6. The number of hydrogen-bond acceptors (Lipinski definition) is 3. The van der Waals surface area contributed by atoms with E-state index in [0.29, 0.717) is 12.0 Å². The Hall–Kier alpha value is -0.120. The Bertz CT molecular complexity index is 355. The molecular formula is C14H22ClNOS. The fourth-order valence-electron chi connectivity index (χ4n) is 2.60. The lowest BCUT2D eigenvalue weighted by Gasteiger charge is -2.28. The second-order valence-electron chi connectivity index (χ2n) is 5.05. The first-order chi connectivity index (χ1) is 8.81. The fourth-order valence-corrected chi connectivity index (χ4v) is 3.61. The summed E-state index contributed by atoms with van der Waals surface area (Å²) in [7, 11) is 0. The molecule has 0 saturated heterocycles. The van der Waals surface area contributed by atoms with E-state index in [4.69, 9.17) is 16.3 Å². The van der Waals surface area contributed by atoms with Gasteiger partial charge in [-0.25, -0.2) is 4.98 Å². The zero-order valence-electron chi connectivity index (χ0n) is 11.0. The minimum absolute atomic E-state index is 0.483. The van der Waals surface area contributed by atoms with Crippen molar-refractivity contribution >= 4 is 22.9 Å². The summed E-state index contributed by atoms with van der Waals surface area (Å²) in [6, 6.07) is 0. The third-order valence-electron chi connectivity index (χ3n) is 3.72. The normalized spacial score (nSPS) is 24.3. The second kappa shape index (κ2) is 7.46. The summed E-state index contributed by atoms with van der Waals surface area (Å²) < 4.78 is 6.00. The predicted molar refractivity (Wildman–Crippen MR) is 77.4 cm³/mol. The lowest BCUT2D eigenvalue weighted by Crippen LogP contribution is -2.23. The van der Waals surface area contributed by atoms with Gasteiger partial charge in [0.15, 0.2) is 0 Å². The molecule has 0 radical (unpaired) electrons. The largest absolute Gasteiger partial charge is 0.378 e. The van der Waals surface area contributed by atoms with Crippen LogP contribution in [0.5, 0.6) is 0 Å². The lowest BCUT2D eigenvalue weighted by atomic mass is 9.85. The smallest absolute Gasteiger partial charge is 0.0951 e. The molecule has 0 N–H and O–H groups in total. The van der Waals surface area contributed by atoms with E-state index in [-0.39, 0.29) is 0 Å². The van der Waals surface area contributed by atoms with E-state index in [9.17, 15) is 0 Å². The Morgan fingerprint density at radius 1 is 1.50 bits per heavy atom. The molecule has 0 bridgehead atoms. The molecule has 0 spiro atoms. The average Bonchev–Trinajstić information content (AvgIpc) is 2.87. The molecule has 0 aliphatic heterocycles. The minimum Gasteiger partial charge on any atom is -0.378 e. The van der Waals surface area contributed by atoms with E-state index in [1.165, 1.54) is 32.1 Å². The molecule has 1 saturated carbocycles. The van der Waals surface area contributed by atoms with Crippen LogP contribution in [-0.2, 0) is 17.0 Å².